The minimum atomic E-state index is -2.19. The third kappa shape index (κ3) is 6.05. The van der Waals surface area contributed by atoms with E-state index in [1.807, 2.05) is 6.92 Å². The molecule has 1 aliphatic rings. The fourth-order valence-electron chi connectivity index (χ4n) is 4.86. The molecule has 0 nitrogen and oxygen atoms in total. The fraction of sp³-hybridized carbons (Fsp3) is 0.290. The van der Waals surface area contributed by atoms with Crippen LogP contribution in [0.4, 0.5) is 22.0 Å². The van der Waals surface area contributed by atoms with Gasteiger partial charge in [-0.05, 0) is 86.6 Å². The largest absolute Gasteiger partial charge is 0.271 e. The maximum Gasteiger partial charge on any atom is 0.271 e. The number of hydrogen-bond donors (Lipinski definition) is 0. The second kappa shape index (κ2) is 11.6. The van der Waals surface area contributed by atoms with Gasteiger partial charge in [-0.1, -0.05) is 42.2 Å². The molecule has 0 aromatic heterocycles. The Morgan fingerprint density at radius 2 is 1.72 bits per heavy atom. The van der Waals surface area contributed by atoms with Crippen molar-refractivity contribution in [3.05, 3.63) is 89.3 Å². The molecule has 0 aliphatic heterocycles. The maximum atomic E-state index is 15.0. The number of fused-ring (bicyclic) bond motifs is 1. The first kappa shape index (κ1) is 25.7. The molecule has 3 aromatic carbocycles. The Kier molecular flexibility index (Phi) is 8.25. The van der Waals surface area contributed by atoms with Crippen molar-refractivity contribution >= 4 is 16.8 Å². The van der Waals surface area contributed by atoms with Crippen molar-refractivity contribution in [2.45, 2.75) is 45.4 Å². The molecule has 1 fully saturated rings. The fourth-order valence-corrected chi connectivity index (χ4v) is 4.86. The Labute approximate surface area is 208 Å². The minimum absolute atomic E-state index is 0.0212. The first-order chi connectivity index (χ1) is 17.4. The summed E-state index contributed by atoms with van der Waals surface area (Å²) in [7, 11) is 0. The van der Waals surface area contributed by atoms with E-state index >= 15 is 0 Å². The van der Waals surface area contributed by atoms with Crippen molar-refractivity contribution in [3.63, 3.8) is 0 Å². The molecule has 0 bridgehead atoms. The average molecular weight is 495 g/mol. The Hall–Kier alpha value is -3.39. The predicted octanol–water partition coefficient (Wildman–Crippen LogP) is 9.68. The molecule has 0 amide bonds. The van der Waals surface area contributed by atoms with Gasteiger partial charge in [0.05, 0.1) is 5.56 Å². The number of allylic oxidation sites excluding steroid dienone is 2. The van der Waals surface area contributed by atoms with Gasteiger partial charge in [-0.15, -0.1) is 0 Å². The van der Waals surface area contributed by atoms with Crippen LogP contribution in [-0.2, 0) is 0 Å². The van der Waals surface area contributed by atoms with Crippen LogP contribution < -0.4 is 0 Å². The van der Waals surface area contributed by atoms with Crippen LogP contribution in [0.25, 0.3) is 28.0 Å². The third-order valence-corrected chi connectivity index (χ3v) is 6.84. The summed E-state index contributed by atoms with van der Waals surface area (Å²) < 4.78 is 68.8. The summed E-state index contributed by atoms with van der Waals surface area (Å²) in [5.74, 6) is 4.79. The molecule has 1 aliphatic carbocycles. The van der Waals surface area contributed by atoms with Crippen LogP contribution in [-0.4, -0.2) is 0 Å². The van der Waals surface area contributed by atoms with Gasteiger partial charge in [-0.2, -0.15) is 8.78 Å². The summed E-state index contributed by atoms with van der Waals surface area (Å²) in [4.78, 5) is 0. The highest BCUT2D eigenvalue weighted by Gasteiger charge is 2.19. The van der Waals surface area contributed by atoms with Crippen LogP contribution >= 0.6 is 0 Å². The normalized spacial score (nSPS) is 17.7. The second-order valence-electron chi connectivity index (χ2n) is 9.28. The van der Waals surface area contributed by atoms with E-state index in [0.717, 1.165) is 31.2 Å². The average Bonchev–Trinajstić information content (AvgIpc) is 2.86. The van der Waals surface area contributed by atoms with Crippen LogP contribution in [0.15, 0.2) is 60.7 Å². The molecule has 36 heavy (non-hydrogen) atoms. The molecule has 0 radical (unpaired) electrons. The van der Waals surface area contributed by atoms with Gasteiger partial charge < -0.3 is 0 Å². The monoisotopic (exact) mass is 494 g/mol. The molecule has 4 rings (SSSR count). The van der Waals surface area contributed by atoms with Crippen molar-refractivity contribution in [1.82, 2.24) is 0 Å². The van der Waals surface area contributed by atoms with Crippen LogP contribution in [0.2, 0.25) is 0 Å². The molecule has 0 saturated heterocycles. The number of halogens is 5. The smallest absolute Gasteiger partial charge is 0.206 e. The Morgan fingerprint density at radius 3 is 2.42 bits per heavy atom. The van der Waals surface area contributed by atoms with Gasteiger partial charge in [-0.3, -0.25) is 0 Å². The minimum Gasteiger partial charge on any atom is -0.206 e. The lowest BCUT2D eigenvalue weighted by atomic mass is 9.80. The lowest BCUT2D eigenvalue weighted by molar-refractivity contribution is 0.303. The van der Waals surface area contributed by atoms with E-state index in [9.17, 15) is 22.0 Å². The molecule has 186 valence electrons. The lowest BCUT2D eigenvalue weighted by Gasteiger charge is -2.25. The van der Waals surface area contributed by atoms with E-state index < -0.39 is 29.1 Å². The van der Waals surface area contributed by atoms with Gasteiger partial charge in [0.15, 0.2) is 0 Å². The van der Waals surface area contributed by atoms with E-state index in [4.69, 9.17) is 0 Å². The Morgan fingerprint density at radius 1 is 0.944 bits per heavy atom. The molecular weight excluding hydrogens is 467 g/mol. The van der Waals surface area contributed by atoms with E-state index in [-0.39, 0.29) is 22.4 Å². The zero-order valence-corrected chi connectivity index (χ0v) is 20.1. The highest BCUT2D eigenvalue weighted by molar-refractivity contribution is 5.90. The molecule has 0 unspecified atom stereocenters. The SMILES string of the molecule is C/C=C/CCC1CCC(C#Cc2ccc(-c3ccc4c(F)c(C=C(F)F)c(F)cc4c3)c(F)c2)CC1. The number of rotatable bonds is 5. The zero-order valence-electron chi connectivity index (χ0n) is 20.1. The van der Waals surface area contributed by atoms with Crippen LogP contribution in [0, 0.1) is 41.1 Å². The standard InChI is InChI=1S/C31H27F5/c1-2-3-4-5-20-6-8-21(9-7-20)10-11-22-12-14-25(28(32)16-22)23-13-15-26-24(17-23)18-29(33)27(31(26)36)19-30(34)35/h2-3,12-21H,4-9H2,1H3/b3-2+. The van der Waals surface area contributed by atoms with E-state index in [1.165, 1.54) is 43.5 Å². The van der Waals surface area contributed by atoms with E-state index in [0.29, 0.717) is 17.0 Å². The summed E-state index contributed by atoms with van der Waals surface area (Å²) in [6.07, 6.45) is 9.09. The maximum absolute atomic E-state index is 15.0. The Balaban J connectivity index is 1.50. The third-order valence-electron chi connectivity index (χ3n) is 6.84. The van der Waals surface area contributed by atoms with Gasteiger partial charge in [0.1, 0.15) is 17.5 Å². The molecule has 1 saturated carbocycles. The molecule has 0 spiro atoms. The molecule has 0 atom stereocenters. The highest BCUT2D eigenvalue weighted by atomic mass is 19.3. The predicted molar refractivity (Wildman–Crippen MR) is 136 cm³/mol. The van der Waals surface area contributed by atoms with E-state index in [2.05, 4.69) is 24.0 Å². The number of hydrogen-bond acceptors (Lipinski definition) is 0. The van der Waals surface area contributed by atoms with Crippen molar-refractivity contribution in [3.8, 4) is 23.0 Å². The van der Waals surface area contributed by atoms with Crippen molar-refractivity contribution < 1.29 is 22.0 Å². The van der Waals surface area contributed by atoms with Crippen molar-refractivity contribution in [2.24, 2.45) is 11.8 Å². The molecule has 3 aromatic rings. The highest BCUT2D eigenvalue weighted by Crippen LogP contribution is 2.33. The van der Waals surface area contributed by atoms with Crippen molar-refractivity contribution in [1.29, 1.82) is 0 Å². The van der Waals surface area contributed by atoms with Crippen LogP contribution in [0.1, 0.15) is 56.6 Å². The second-order valence-corrected chi connectivity index (χ2v) is 9.28. The summed E-state index contributed by atoms with van der Waals surface area (Å²) in [5.41, 5.74) is 0.471. The van der Waals surface area contributed by atoms with Crippen molar-refractivity contribution in [2.75, 3.05) is 0 Å². The zero-order chi connectivity index (χ0) is 25.7. The first-order valence-corrected chi connectivity index (χ1v) is 12.2. The van der Waals surface area contributed by atoms with E-state index in [1.54, 1.807) is 12.1 Å². The molecule has 0 heterocycles. The quantitative estimate of drug-likeness (QED) is 0.188. The van der Waals surface area contributed by atoms with Gasteiger partial charge in [0.2, 0.25) is 0 Å². The summed E-state index contributed by atoms with van der Waals surface area (Å²) in [6.45, 7) is 2.04. The Bertz CT molecular complexity index is 1360. The molecule has 5 heteroatoms. The van der Waals surface area contributed by atoms with Gasteiger partial charge in [0.25, 0.3) is 6.08 Å². The van der Waals surface area contributed by atoms with Crippen LogP contribution in [0.3, 0.4) is 0 Å². The topological polar surface area (TPSA) is 0 Å². The van der Waals surface area contributed by atoms with Gasteiger partial charge in [-0.25, -0.2) is 13.2 Å². The summed E-state index contributed by atoms with van der Waals surface area (Å²) in [6, 6.07) is 9.95. The molecular formula is C31H27F5. The summed E-state index contributed by atoms with van der Waals surface area (Å²) >= 11 is 0. The summed E-state index contributed by atoms with van der Waals surface area (Å²) in [5, 5.41) is 0.135. The van der Waals surface area contributed by atoms with Gasteiger partial charge in [0, 0.05) is 28.5 Å². The van der Waals surface area contributed by atoms with Gasteiger partial charge >= 0.3 is 0 Å². The molecule has 0 N–H and O–H groups in total. The lowest BCUT2D eigenvalue weighted by Crippen LogP contribution is -2.13. The van der Waals surface area contributed by atoms with Crippen LogP contribution in [0.5, 0.6) is 0 Å². The number of benzene rings is 3. The first-order valence-electron chi connectivity index (χ1n) is 12.2.